The average Bonchev–Trinajstić information content (AvgIpc) is 2.84. The van der Waals surface area contributed by atoms with Gasteiger partial charge in [-0.2, -0.15) is 0 Å². The topological polar surface area (TPSA) is 94.8 Å². The lowest BCUT2D eigenvalue weighted by atomic mass is 10.0. The van der Waals surface area contributed by atoms with Crippen molar-refractivity contribution in [3.05, 3.63) is 88.3 Å². The Kier molecular flexibility index (Phi) is 6.63. The quantitative estimate of drug-likeness (QED) is 0.186. The second-order valence-corrected chi connectivity index (χ2v) is 8.35. The number of alkyl carbamates (subject to hydrolysis) is 1. The molecule has 0 saturated heterocycles. The smallest absolute Gasteiger partial charge is 0.408 e. The zero-order valence-corrected chi connectivity index (χ0v) is 19.2. The normalized spacial score (nSPS) is 12.0. The van der Waals surface area contributed by atoms with E-state index in [1.807, 2.05) is 42.5 Å². The molecule has 0 bridgehead atoms. The molecule has 1 amide bonds. The van der Waals surface area contributed by atoms with Gasteiger partial charge in [0.05, 0.1) is 5.39 Å². The van der Waals surface area contributed by atoms with Gasteiger partial charge in [-0.3, -0.25) is 0 Å². The fraction of sp³-hybridized carbons (Fsp3) is 0.222. The van der Waals surface area contributed by atoms with Gasteiger partial charge >= 0.3 is 17.7 Å². The van der Waals surface area contributed by atoms with E-state index in [1.165, 1.54) is 0 Å². The van der Waals surface area contributed by atoms with E-state index in [0.29, 0.717) is 16.5 Å². The number of carbonyl (C=O) groups excluding carboxylic acids is 2. The molecule has 34 heavy (non-hydrogen) atoms. The van der Waals surface area contributed by atoms with Gasteiger partial charge in [-0.15, -0.1) is 0 Å². The van der Waals surface area contributed by atoms with Gasteiger partial charge in [0.1, 0.15) is 24.0 Å². The molecule has 0 aliphatic carbocycles. The summed E-state index contributed by atoms with van der Waals surface area (Å²) in [6, 6.07) is 18.9. The molecular weight excluding hydrogens is 434 g/mol. The first kappa shape index (κ1) is 23.0. The predicted octanol–water partition coefficient (Wildman–Crippen LogP) is 5.11. The van der Waals surface area contributed by atoms with Crippen molar-refractivity contribution in [2.24, 2.45) is 5.92 Å². The van der Waals surface area contributed by atoms with Gasteiger partial charge < -0.3 is 19.2 Å². The Morgan fingerprint density at radius 1 is 0.912 bits per heavy atom. The highest BCUT2D eigenvalue weighted by Gasteiger charge is 2.28. The molecule has 0 saturated carbocycles. The third kappa shape index (κ3) is 4.78. The third-order valence-corrected chi connectivity index (χ3v) is 5.61. The zero-order chi connectivity index (χ0) is 24.2. The molecule has 4 aromatic rings. The largest absolute Gasteiger partial charge is 0.445 e. The number of hydrogen-bond donors (Lipinski definition) is 1. The van der Waals surface area contributed by atoms with Crippen LogP contribution in [0.5, 0.6) is 5.75 Å². The van der Waals surface area contributed by atoms with Gasteiger partial charge in [0.25, 0.3) is 0 Å². The number of carbonyl (C=O) groups is 2. The van der Waals surface area contributed by atoms with Gasteiger partial charge in [-0.05, 0) is 42.0 Å². The van der Waals surface area contributed by atoms with Crippen LogP contribution in [0.1, 0.15) is 25.0 Å². The molecule has 0 unspecified atom stereocenters. The summed E-state index contributed by atoms with van der Waals surface area (Å²) in [5, 5.41) is 4.58. The van der Waals surface area contributed by atoms with Crippen LogP contribution >= 0.6 is 0 Å². The first-order valence-electron chi connectivity index (χ1n) is 11.0. The molecule has 7 heteroatoms. The van der Waals surface area contributed by atoms with Gasteiger partial charge in [0.2, 0.25) is 0 Å². The molecule has 0 fully saturated rings. The van der Waals surface area contributed by atoms with E-state index in [-0.39, 0.29) is 18.3 Å². The van der Waals surface area contributed by atoms with Gasteiger partial charge in [0, 0.05) is 10.9 Å². The van der Waals surface area contributed by atoms with Crippen molar-refractivity contribution in [2.45, 2.75) is 33.4 Å². The number of esters is 1. The number of amides is 1. The van der Waals surface area contributed by atoms with E-state index in [1.54, 1.807) is 45.0 Å². The molecule has 0 spiro atoms. The van der Waals surface area contributed by atoms with Crippen molar-refractivity contribution in [1.29, 1.82) is 0 Å². The number of aryl methyl sites for hydroxylation is 1. The van der Waals surface area contributed by atoms with Crippen molar-refractivity contribution in [3.63, 3.8) is 0 Å². The van der Waals surface area contributed by atoms with Crippen LogP contribution < -0.4 is 15.7 Å². The summed E-state index contributed by atoms with van der Waals surface area (Å²) in [6.45, 7) is 5.39. The lowest BCUT2D eigenvalue weighted by Gasteiger charge is -2.21. The van der Waals surface area contributed by atoms with Crippen LogP contribution in [-0.4, -0.2) is 18.1 Å². The Balaban J connectivity index is 1.53. The number of ether oxygens (including phenoxy) is 2. The van der Waals surface area contributed by atoms with E-state index in [4.69, 9.17) is 13.9 Å². The van der Waals surface area contributed by atoms with Crippen LogP contribution in [0.4, 0.5) is 4.79 Å². The summed E-state index contributed by atoms with van der Waals surface area (Å²) < 4.78 is 16.4. The van der Waals surface area contributed by atoms with Crippen molar-refractivity contribution in [2.75, 3.05) is 0 Å². The lowest BCUT2D eigenvalue weighted by molar-refractivity contribution is -0.137. The van der Waals surface area contributed by atoms with E-state index >= 15 is 0 Å². The maximum atomic E-state index is 12.9. The minimum absolute atomic E-state index is 0.0866. The number of nitrogens with one attached hydrogen (secondary N) is 1. The Morgan fingerprint density at radius 3 is 2.29 bits per heavy atom. The maximum absolute atomic E-state index is 12.9. The van der Waals surface area contributed by atoms with E-state index in [2.05, 4.69) is 5.32 Å². The minimum Gasteiger partial charge on any atom is -0.445 e. The molecule has 3 aromatic carbocycles. The summed E-state index contributed by atoms with van der Waals surface area (Å²) in [5.41, 5.74) is 1.24. The molecule has 1 atom stereocenters. The summed E-state index contributed by atoms with van der Waals surface area (Å²) in [6.07, 6.45) is -0.716. The van der Waals surface area contributed by atoms with E-state index in [9.17, 15) is 14.4 Å². The van der Waals surface area contributed by atoms with Crippen LogP contribution in [0.15, 0.2) is 75.9 Å². The highest BCUT2D eigenvalue weighted by molar-refractivity contribution is 6.05. The Labute approximate surface area is 196 Å². The third-order valence-electron chi connectivity index (χ3n) is 5.61. The Morgan fingerprint density at radius 2 is 1.59 bits per heavy atom. The Hall–Kier alpha value is -4.13. The summed E-state index contributed by atoms with van der Waals surface area (Å²) in [4.78, 5) is 37.7. The molecular formula is C27H25NO6. The fourth-order valence-electron chi connectivity index (χ4n) is 3.73. The SMILES string of the molecule is Cc1c(OC(=O)[C@H](NC(=O)OCc2ccccc2)C(C)C)ccc2c1oc(=O)c1ccccc12. The standard InChI is InChI=1S/C27H25NO6/c1-16(2)23(28-27(31)32-15-18-9-5-4-6-10-18)26(30)33-22-14-13-20-19-11-7-8-12-21(19)25(29)34-24(20)17(22)3/h4-14,16,23H,15H2,1-3H3,(H,28,31)/t23-/m1/s1. The van der Waals surface area contributed by atoms with Crippen molar-refractivity contribution in [1.82, 2.24) is 5.32 Å². The molecule has 4 rings (SSSR count). The Bertz CT molecular complexity index is 1410. The van der Waals surface area contributed by atoms with Crippen LogP contribution in [0.25, 0.3) is 21.7 Å². The monoisotopic (exact) mass is 459 g/mol. The maximum Gasteiger partial charge on any atom is 0.408 e. The highest BCUT2D eigenvalue weighted by Crippen LogP contribution is 2.31. The number of rotatable bonds is 6. The van der Waals surface area contributed by atoms with Gasteiger partial charge in [-0.1, -0.05) is 62.4 Å². The molecule has 1 N–H and O–H groups in total. The molecule has 1 heterocycles. The molecule has 0 aliphatic rings. The summed E-state index contributed by atoms with van der Waals surface area (Å²) >= 11 is 0. The van der Waals surface area contributed by atoms with Crippen molar-refractivity contribution in [3.8, 4) is 5.75 Å². The van der Waals surface area contributed by atoms with E-state index in [0.717, 1.165) is 16.3 Å². The fourth-order valence-corrected chi connectivity index (χ4v) is 3.73. The number of hydrogen-bond acceptors (Lipinski definition) is 6. The minimum atomic E-state index is -0.929. The first-order valence-corrected chi connectivity index (χ1v) is 11.0. The highest BCUT2D eigenvalue weighted by atomic mass is 16.6. The van der Waals surface area contributed by atoms with E-state index < -0.39 is 23.7 Å². The summed E-state index contributed by atoms with van der Waals surface area (Å²) in [7, 11) is 0. The molecule has 7 nitrogen and oxygen atoms in total. The van der Waals surface area contributed by atoms with Crippen LogP contribution in [0, 0.1) is 12.8 Å². The zero-order valence-electron chi connectivity index (χ0n) is 19.2. The molecule has 0 radical (unpaired) electrons. The molecule has 0 aliphatic heterocycles. The number of fused-ring (bicyclic) bond motifs is 3. The predicted molar refractivity (Wildman–Crippen MR) is 129 cm³/mol. The lowest BCUT2D eigenvalue weighted by Crippen LogP contribution is -2.46. The van der Waals surface area contributed by atoms with Crippen molar-refractivity contribution >= 4 is 33.8 Å². The second-order valence-electron chi connectivity index (χ2n) is 8.35. The van der Waals surface area contributed by atoms with Crippen molar-refractivity contribution < 1.29 is 23.5 Å². The second kappa shape index (κ2) is 9.79. The molecule has 174 valence electrons. The average molecular weight is 459 g/mol. The van der Waals surface area contributed by atoms with Gasteiger partial charge in [-0.25, -0.2) is 14.4 Å². The number of benzene rings is 3. The van der Waals surface area contributed by atoms with Crippen LogP contribution in [0.3, 0.4) is 0 Å². The first-order chi connectivity index (χ1) is 16.3. The van der Waals surface area contributed by atoms with Crippen LogP contribution in [0.2, 0.25) is 0 Å². The van der Waals surface area contributed by atoms with Gasteiger partial charge in [0.15, 0.2) is 0 Å². The summed E-state index contributed by atoms with van der Waals surface area (Å²) in [5.74, 6) is -0.641. The molecule has 1 aromatic heterocycles. The van der Waals surface area contributed by atoms with Crippen LogP contribution in [-0.2, 0) is 16.1 Å².